The molecule has 0 aliphatic carbocycles. The molecule has 0 aromatic heterocycles. The van der Waals surface area contributed by atoms with Crippen molar-refractivity contribution < 1.29 is 14.3 Å². The molecule has 1 aromatic rings. The van der Waals surface area contributed by atoms with Crippen LogP contribution in [0.3, 0.4) is 0 Å². The summed E-state index contributed by atoms with van der Waals surface area (Å²) in [5, 5.41) is 5.38. The molecular weight excluding hydrogens is 256 g/mol. The summed E-state index contributed by atoms with van der Waals surface area (Å²) in [6, 6.07) is 9.94. The van der Waals surface area contributed by atoms with E-state index in [4.69, 9.17) is 4.74 Å². The minimum Gasteiger partial charge on any atom is -0.368 e. The predicted octanol–water partition coefficient (Wildman–Crippen LogP) is 0.641. The maximum Gasteiger partial charge on any atom is 0.249 e. The summed E-state index contributed by atoms with van der Waals surface area (Å²) in [7, 11) is 0. The van der Waals surface area contributed by atoms with Gasteiger partial charge in [-0.25, -0.2) is 0 Å². The van der Waals surface area contributed by atoms with Gasteiger partial charge >= 0.3 is 0 Å². The lowest BCUT2D eigenvalue weighted by Gasteiger charge is -2.10. The van der Waals surface area contributed by atoms with Gasteiger partial charge in [-0.1, -0.05) is 30.3 Å². The number of nitrogens with one attached hydrogen (secondary N) is 2. The number of carbonyl (C=O) groups is 2. The molecule has 0 saturated carbocycles. The van der Waals surface area contributed by atoms with Gasteiger partial charge in [-0.15, -0.1) is 0 Å². The van der Waals surface area contributed by atoms with Crippen molar-refractivity contribution in [1.29, 1.82) is 0 Å². The Morgan fingerprint density at radius 1 is 1.20 bits per heavy atom. The Hall–Kier alpha value is -1.88. The molecule has 2 amide bonds. The lowest BCUT2D eigenvalue weighted by Crippen LogP contribution is -2.41. The Morgan fingerprint density at radius 3 is 2.70 bits per heavy atom. The third-order valence-electron chi connectivity index (χ3n) is 3.22. The van der Waals surface area contributed by atoms with Crippen LogP contribution in [0.25, 0.3) is 0 Å². The zero-order valence-corrected chi connectivity index (χ0v) is 11.4. The van der Waals surface area contributed by atoms with E-state index in [2.05, 4.69) is 10.6 Å². The normalized spacial score (nSPS) is 17.7. The zero-order valence-electron chi connectivity index (χ0n) is 11.4. The monoisotopic (exact) mass is 276 g/mol. The van der Waals surface area contributed by atoms with Crippen LogP contribution in [0.2, 0.25) is 0 Å². The number of amides is 2. The Bertz CT molecular complexity index is 442. The molecule has 2 rings (SSSR count). The van der Waals surface area contributed by atoms with Crippen molar-refractivity contribution >= 4 is 11.8 Å². The number of ether oxygens (including phenoxy) is 1. The summed E-state index contributed by atoms with van der Waals surface area (Å²) in [4.78, 5) is 23.2. The van der Waals surface area contributed by atoms with Gasteiger partial charge in [0.05, 0.1) is 6.54 Å². The highest BCUT2D eigenvalue weighted by atomic mass is 16.5. The first-order chi connectivity index (χ1) is 9.75. The van der Waals surface area contributed by atoms with E-state index >= 15 is 0 Å². The van der Waals surface area contributed by atoms with E-state index in [0.717, 1.165) is 19.3 Å². The van der Waals surface area contributed by atoms with Crippen LogP contribution < -0.4 is 10.6 Å². The number of hydrogen-bond donors (Lipinski definition) is 2. The van der Waals surface area contributed by atoms with Gasteiger partial charge in [-0.3, -0.25) is 9.59 Å². The Balaban J connectivity index is 1.59. The van der Waals surface area contributed by atoms with Crippen LogP contribution >= 0.6 is 0 Å². The molecule has 1 fully saturated rings. The predicted molar refractivity (Wildman–Crippen MR) is 75.1 cm³/mol. The number of hydrogen-bond acceptors (Lipinski definition) is 3. The first kappa shape index (κ1) is 14.5. The van der Waals surface area contributed by atoms with Crippen LogP contribution in [0, 0.1) is 0 Å². The molecule has 1 atom stereocenters. The maximum atomic E-state index is 11.6. The number of benzene rings is 1. The molecule has 2 N–H and O–H groups in total. The van der Waals surface area contributed by atoms with Crippen molar-refractivity contribution in [3.63, 3.8) is 0 Å². The quantitative estimate of drug-likeness (QED) is 0.801. The van der Waals surface area contributed by atoms with Gasteiger partial charge in [-0.2, -0.15) is 0 Å². The topological polar surface area (TPSA) is 67.4 Å². The molecule has 0 bridgehead atoms. The van der Waals surface area contributed by atoms with Crippen LogP contribution in [0.4, 0.5) is 0 Å². The molecule has 0 spiro atoms. The molecule has 1 saturated heterocycles. The second kappa shape index (κ2) is 7.65. The molecule has 1 aromatic carbocycles. The molecule has 1 aliphatic heterocycles. The van der Waals surface area contributed by atoms with E-state index in [1.807, 2.05) is 30.3 Å². The molecular formula is C15H20N2O3. The van der Waals surface area contributed by atoms with Crippen LogP contribution in [0.1, 0.15) is 18.4 Å². The molecule has 5 heteroatoms. The van der Waals surface area contributed by atoms with Gasteiger partial charge < -0.3 is 15.4 Å². The van der Waals surface area contributed by atoms with Crippen LogP contribution in [-0.4, -0.2) is 37.6 Å². The second-order valence-electron chi connectivity index (χ2n) is 4.81. The van der Waals surface area contributed by atoms with Crippen LogP contribution in [0.15, 0.2) is 30.3 Å². The van der Waals surface area contributed by atoms with Gasteiger partial charge in [0, 0.05) is 13.2 Å². The van der Waals surface area contributed by atoms with Crippen molar-refractivity contribution in [3.05, 3.63) is 35.9 Å². The smallest absolute Gasteiger partial charge is 0.249 e. The molecule has 1 heterocycles. The fourth-order valence-corrected chi connectivity index (χ4v) is 2.12. The zero-order chi connectivity index (χ0) is 14.2. The van der Waals surface area contributed by atoms with Gasteiger partial charge in [0.25, 0.3) is 0 Å². The first-order valence-corrected chi connectivity index (χ1v) is 6.95. The van der Waals surface area contributed by atoms with Crippen LogP contribution in [-0.2, 0) is 20.7 Å². The minimum atomic E-state index is -0.382. The molecule has 1 unspecified atom stereocenters. The largest absolute Gasteiger partial charge is 0.368 e. The first-order valence-electron chi connectivity index (χ1n) is 6.95. The lowest BCUT2D eigenvalue weighted by atomic mass is 10.1. The summed E-state index contributed by atoms with van der Waals surface area (Å²) in [5.74, 6) is -0.368. The second-order valence-corrected chi connectivity index (χ2v) is 4.81. The highest BCUT2D eigenvalue weighted by Gasteiger charge is 2.23. The van der Waals surface area contributed by atoms with Gasteiger partial charge in [0.1, 0.15) is 6.10 Å². The third kappa shape index (κ3) is 4.66. The highest BCUT2D eigenvalue weighted by molar-refractivity contribution is 5.86. The number of carbonyl (C=O) groups excluding carboxylic acids is 2. The lowest BCUT2D eigenvalue weighted by molar-refractivity contribution is -0.132. The van der Waals surface area contributed by atoms with Crippen molar-refractivity contribution in [2.75, 3.05) is 19.7 Å². The van der Waals surface area contributed by atoms with E-state index in [0.29, 0.717) is 13.2 Å². The Morgan fingerprint density at radius 2 is 2.00 bits per heavy atom. The Labute approximate surface area is 118 Å². The maximum absolute atomic E-state index is 11.6. The minimum absolute atomic E-state index is 0.00742. The van der Waals surface area contributed by atoms with Gasteiger partial charge in [-0.05, 0) is 24.8 Å². The average molecular weight is 276 g/mol. The summed E-state index contributed by atoms with van der Waals surface area (Å²) < 4.78 is 5.24. The summed E-state index contributed by atoms with van der Waals surface area (Å²) >= 11 is 0. The van der Waals surface area contributed by atoms with Gasteiger partial charge in [0.15, 0.2) is 0 Å². The molecule has 0 radical (unpaired) electrons. The summed E-state index contributed by atoms with van der Waals surface area (Å²) in [6.45, 7) is 1.20. The van der Waals surface area contributed by atoms with Crippen molar-refractivity contribution in [1.82, 2.24) is 10.6 Å². The van der Waals surface area contributed by atoms with E-state index in [-0.39, 0.29) is 24.5 Å². The van der Waals surface area contributed by atoms with E-state index in [1.54, 1.807) is 0 Å². The van der Waals surface area contributed by atoms with Crippen LogP contribution in [0.5, 0.6) is 0 Å². The van der Waals surface area contributed by atoms with Crippen molar-refractivity contribution in [2.45, 2.75) is 25.4 Å². The molecule has 5 nitrogen and oxygen atoms in total. The fourth-order valence-electron chi connectivity index (χ4n) is 2.12. The standard InChI is InChI=1S/C15H20N2O3/c18-14(11-17-15(19)13-7-4-10-20-13)16-9-8-12-5-2-1-3-6-12/h1-3,5-6,13H,4,7-11H2,(H,16,18)(H,17,19). The van der Waals surface area contributed by atoms with Gasteiger partial charge in [0.2, 0.25) is 11.8 Å². The number of rotatable bonds is 6. The van der Waals surface area contributed by atoms with E-state index < -0.39 is 0 Å². The molecule has 20 heavy (non-hydrogen) atoms. The summed E-state index contributed by atoms with van der Waals surface area (Å²) in [6.07, 6.45) is 2.04. The van der Waals surface area contributed by atoms with Crippen molar-refractivity contribution in [3.8, 4) is 0 Å². The SMILES string of the molecule is O=C(CNC(=O)C1CCCO1)NCCc1ccccc1. The van der Waals surface area contributed by atoms with E-state index in [1.165, 1.54) is 5.56 Å². The highest BCUT2D eigenvalue weighted by Crippen LogP contribution is 2.11. The third-order valence-corrected chi connectivity index (χ3v) is 3.22. The fraction of sp³-hybridized carbons (Fsp3) is 0.467. The van der Waals surface area contributed by atoms with Crippen molar-refractivity contribution in [2.24, 2.45) is 0 Å². The summed E-state index contributed by atoms with van der Waals surface area (Å²) in [5.41, 5.74) is 1.18. The van der Waals surface area contributed by atoms with E-state index in [9.17, 15) is 9.59 Å². The molecule has 108 valence electrons. The molecule has 1 aliphatic rings. The average Bonchev–Trinajstić information content (AvgIpc) is 3.00. The Kier molecular flexibility index (Phi) is 5.55.